The number of ether oxygens (including phenoxy) is 3. The molecule has 0 amide bonds. The van der Waals surface area contributed by atoms with Gasteiger partial charge in [-0.1, -0.05) is 29.5 Å². The average molecular weight is 498 g/mol. The minimum absolute atomic E-state index is 0.264. The SMILES string of the molecule is CCC(C)(I)C(=O)OCC(=O)OC1CC2OC1C(C(C)(C)O)C2C(C)(C)O. The second kappa shape index (κ2) is 7.76. The summed E-state index contributed by atoms with van der Waals surface area (Å²) in [6.45, 7) is 9.92. The highest BCUT2D eigenvalue weighted by Gasteiger charge is 2.63. The van der Waals surface area contributed by atoms with E-state index in [0.29, 0.717) is 12.8 Å². The molecule has 7 nitrogen and oxygen atoms in total. The number of aliphatic hydroxyl groups is 2. The van der Waals surface area contributed by atoms with E-state index in [1.807, 2.05) is 29.5 Å². The molecule has 8 heteroatoms. The predicted octanol–water partition coefficient (Wildman–Crippen LogP) is 1.99. The Kier molecular flexibility index (Phi) is 6.56. The van der Waals surface area contributed by atoms with Crippen molar-refractivity contribution in [3.05, 3.63) is 0 Å². The smallest absolute Gasteiger partial charge is 0.344 e. The van der Waals surface area contributed by atoms with Crippen molar-refractivity contribution < 1.29 is 34.0 Å². The Morgan fingerprint density at radius 3 is 2.15 bits per heavy atom. The van der Waals surface area contributed by atoms with Crippen LogP contribution in [0.3, 0.4) is 0 Å². The summed E-state index contributed by atoms with van der Waals surface area (Å²) in [6, 6.07) is 0. The van der Waals surface area contributed by atoms with Crippen LogP contribution in [-0.2, 0) is 23.8 Å². The summed E-state index contributed by atoms with van der Waals surface area (Å²) in [7, 11) is 0. The number of carbonyl (C=O) groups is 2. The van der Waals surface area contributed by atoms with Crippen LogP contribution in [0, 0.1) is 11.8 Å². The first kappa shape index (κ1) is 22.8. The number of hydrogen-bond donors (Lipinski definition) is 2. The van der Waals surface area contributed by atoms with E-state index in [-0.39, 0.29) is 17.9 Å². The van der Waals surface area contributed by atoms with E-state index in [4.69, 9.17) is 14.2 Å². The Morgan fingerprint density at radius 1 is 1.11 bits per heavy atom. The lowest BCUT2D eigenvalue weighted by molar-refractivity contribution is -0.169. The monoisotopic (exact) mass is 498 g/mol. The van der Waals surface area contributed by atoms with Crippen LogP contribution in [0.1, 0.15) is 54.4 Å². The molecule has 0 spiro atoms. The second-order valence-electron chi connectivity index (χ2n) is 8.89. The van der Waals surface area contributed by atoms with Crippen LogP contribution >= 0.6 is 22.6 Å². The lowest BCUT2D eigenvalue weighted by Gasteiger charge is -2.43. The van der Waals surface area contributed by atoms with E-state index >= 15 is 0 Å². The fraction of sp³-hybridized carbons (Fsp3) is 0.895. The molecule has 0 aromatic carbocycles. The Balaban J connectivity index is 2.00. The average Bonchev–Trinajstić information content (AvgIpc) is 3.09. The van der Waals surface area contributed by atoms with Gasteiger partial charge in [0, 0.05) is 18.3 Å². The van der Waals surface area contributed by atoms with E-state index in [1.165, 1.54) is 0 Å². The summed E-state index contributed by atoms with van der Waals surface area (Å²) >= 11 is 2.00. The van der Waals surface area contributed by atoms with Gasteiger partial charge in [-0.3, -0.25) is 4.79 Å². The van der Waals surface area contributed by atoms with Gasteiger partial charge < -0.3 is 24.4 Å². The van der Waals surface area contributed by atoms with Gasteiger partial charge >= 0.3 is 11.9 Å². The fourth-order valence-corrected chi connectivity index (χ4v) is 4.32. The summed E-state index contributed by atoms with van der Waals surface area (Å²) < 4.78 is 15.8. The molecule has 27 heavy (non-hydrogen) atoms. The zero-order valence-electron chi connectivity index (χ0n) is 16.8. The molecule has 2 bridgehead atoms. The first-order valence-corrected chi connectivity index (χ1v) is 10.4. The van der Waals surface area contributed by atoms with Crippen molar-refractivity contribution in [3.8, 4) is 0 Å². The van der Waals surface area contributed by atoms with Crippen LogP contribution in [0.15, 0.2) is 0 Å². The van der Waals surface area contributed by atoms with E-state index in [2.05, 4.69) is 0 Å². The normalized spacial score (nSPS) is 32.9. The Labute approximate surface area is 174 Å². The molecule has 156 valence electrons. The highest BCUT2D eigenvalue weighted by atomic mass is 127. The summed E-state index contributed by atoms with van der Waals surface area (Å²) in [4.78, 5) is 24.1. The Morgan fingerprint density at radius 2 is 1.67 bits per heavy atom. The van der Waals surface area contributed by atoms with Crippen LogP contribution in [0.2, 0.25) is 0 Å². The molecule has 0 aromatic heterocycles. The van der Waals surface area contributed by atoms with Gasteiger partial charge in [0.2, 0.25) is 0 Å². The quantitative estimate of drug-likeness (QED) is 0.315. The van der Waals surface area contributed by atoms with Gasteiger partial charge in [0.1, 0.15) is 15.6 Å². The Bertz CT molecular complexity index is 576. The molecule has 6 atom stereocenters. The maximum absolute atomic E-state index is 12.2. The van der Waals surface area contributed by atoms with Crippen LogP contribution in [-0.4, -0.2) is 61.7 Å². The lowest BCUT2D eigenvalue weighted by atomic mass is 9.65. The van der Waals surface area contributed by atoms with Crippen molar-refractivity contribution in [3.63, 3.8) is 0 Å². The van der Waals surface area contributed by atoms with E-state index in [1.54, 1.807) is 34.6 Å². The number of rotatable bonds is 7. The molecule has 6 unspecified atom stereocenters. The van der Waals surface area contributed by atoms with Crippen molar-refractivity contribution in [2.75, 3.05) is 6.61 Å². The maximum Gasteiger partial charge on any atom is 0.344 e. The molecular formula is C19H31IO7. The summed E-state index contributed by atoms with van der Waals surface area (Å²) in [5, 5.41) is 21.1. The standard InChI is InChI=1S/C19H31IO7/c1-7-19(6,20)16(22)25-9-12(21)26-11-8-10-13(17(2,3)23)14(15(11)27-10)18(4,5)24/h10-11,13-15,23-24H,7-9H2,1-6H3. The van der Waals surface area contributed by atoms with Crippen molar-refractivity contribution >= 4 is 34.5 Å². The molecule has 2 heterocycles. The zero-order chi connectivity index (χ0) is 20.8. The molecule has 2 aliphatic heterocycles. The third-order valence-electron chi connectivity index (χ3n) is 5.63. The number of halogens is 1. The van der Waals surface area contributed by atoms with Crippen molar-refractivity contribution in [1.82, 2.24) is 0 Å². The first-order valence-electron chi connectivity index (χ1n) is 9.34. The van der Waals surface area contributed by atoms with Crippen LogP contribution in [0.25, 0.3) is 0 Å². The molecule has 0 saturated carbocycles. The van der Waals surface area contributed by atoms with Crippen molar-refractivity contribution in [1.29, 1.82) is 0 Å². The number of carbonyl (C=O) groups excluding carboxylic acids is 2. The van der Waals surface area contributed by atoms with Gasteiger partial charge in [-0.05, 0) is 41.0 Å². The molecular weight excluding hydrogens is 467 g/mol. The second-order valence-corrected chi connectivity index (χ2v) is 11.3. The molecule has 0 aliphatic carbocycles. The van der Waals surface area contributed by atoms with E-state index in [9.17, 15) is 19.8 Å². The van der Waals surface area contributed by atoms with Crippen molar-refractivity contribution in [2.24, 2.45) is 11.8 Å². The van der Waals surface area contributed by atoms with E-state index < -0.39 is 45.4 Å². The molecule has 2 aliphatic rings. The van der Waals surface area contributed by atoms with Crippen LogP contribution in [0.4, 0.5) is 0 Å². The Hall–Kier alpha value is -0.450. The molecule has 2 N–H and O–H groups in total. The van der Waals surface area contributed by atoms with Gasteiger partial charge in [0.15, 0.2) is 6.61 Å². The van der Waals surface area contributed by atoms with Gasteiger partial charge in [0.25, 0.3) is 0 Å². The number of esters is 2. The number of hydrogen-bond acceptors (Lipinski definition) is 7. The lowest BCUT2D eigenvalue weighted by Crippen LogP contribution is -2.54. The highest BCUT2D eigenvalue weighted by Crippen LogP contribution is 2.52. The molecule has 2 rings (SSSR count). The topological polar surface area (TPSA) is 102 Å². The molecule has 0 aromatic rings. The van der Waals surface area contributed by atoms with Crippen LogP contribution < -0.4 is 0 Å². The van der Waals surface area contributed by atoms with Crippen molar-refractivity contribution in [2.45, 2.75) is 87.3 Å². The van der Waals surface area contributed by atoms with Gasteiger partial charge in [-0.15, -0.1) is 0 Å². The summed E-state index contributed by atoms with van der Waals surface area (Å²) in [5.74, 6) is -1.74. The minimum atomic E-state index is -1.11. The third kappa shape index (κ3) is 4.94. The largest absolute Gasteiger partial charge is 0.457 e. The predicted molar refractivity (Wildman–Crippen MR) is 106 cm³/mol. The fourth-order valence-electron chi connectivity index (χ4n) is 4.16. The van der Waals surface area contributed by atoms with E-state index in [0.717, 1.165) is 0 Å². The van der Waals surface area contributed by atoms with Gasteiger partial charge in [-0.25, -0.2) is 4.79 Å². The van der Waals surface area contributed by atoms with Gasteiger partial charge in [0.05, 0.1) is 17.3 Å². The summed E-state index contributed by atoms with van der Waals surface area (Å²) in [6.07, 6.45) is -0.299. The third-order valence-corrected chi connectivity index (χ3v) is 6.83. The van der Waals surface area contributed by atoms with Gasteiger partial charge in [-0.2, -0.15) is 0 Å². The summed E-state index contributed by atoms with van der Waals surface area (Å²) in [5.41, 5.74) is -2.13. The van der Waals surface area contributed by atoms with Crippen LogP contribution in [0.5, 0.6) is 0 Å². The molecule has 2 saturated heterocycles. The molecule has 0 radical (unpaired) electrons. The minimum Gasteiger partial charge on any atom is -0.457 e. The maximum atomic E-state index is 12.2. The first-order chi connectivity index (χ1) is 12.2. The number of fused-ring (bicyclic) bond motifs is 2. The number of alkyl halides is 1. The zero-order valence-corrected chi connectivity index (χ0v) is 19.0. The molecule has 2 fully saturated rings. The highest BCUT2D eigenvalue weighted by molar-refractivity contribution is 14.1.